The van der Waals surface area contributed by atoms with Crippen LogP contribution in [0.5, 0.6) is 0 Å². The van der Waals surface area contributed by atoms with Gasteiger partial charge in [-0.3, -0.25) is 0 Å². The summed E-state index contributed by atoms with van der Waals surface area (Å²) in [5, 5.41) is 10.3. The molecule has 0 aliphatic carbocycles. The van der Waals surface area contributed by atoms with Crippen LogP contribution in [0.4, 0.5) is 11.4 Å². The monoisotopic (exact) mass is 427 g/mol. The van der Waals surface area contributed by atoms with Crippen LogP contribution in [-0.4, -0.2) is 0 Å². The molecule has 7 rings (SSSR count). The van der Waals surface area contributed by atoms with Crippen molar-refractivity contribution >= 4 is 66.0 Å². The molecule has 33 heavy (non-hydrogen) atoms. The average molecular weight is 428 g/mol. The molecule has 0 saturated heterocycles. The van der Waals surface area contributed by atoms with Gasteiger partial charge in [0.2, 0.25) is 0 Å². The Hall–Kier alpha value is -4.24. The smallest absolute Gasteiger partial charge is 0.137 e. The lowest BCUT2D eigenvalue weighted by molar-refractivity contribution is 0.664. The molecule has 0 aliphatic heterocycles. The minimum atomic E-state index is 0.863. The molecule has 0 bridgehead atoms. The molecule has 7 aromatic rings. The first kappa shape index (κ1) is 18.3. The summed E-state index contributed by atoms with van der Waals surface area (Å²) in [7, 11) is 0. The van der Waals surface area contributed by atoms with Gasteiger partial charge in [-0.15, -0.1) is 0 Å². The highest BCUT2D eigenvalue weighted by molar-refractivity contribution is 6.22. The van der Waals surface area contributed by atoms with Gasteiger partial charge in [-0.05, 0) is 66.6 Å². The molecular formula is C30H21NO2. The Bertz CT molecular complexity index is 1870. The lowest BCUT2D eigenvalue weighted by atomic mass is 10.0. The summed E-state index contributed by atoms with van der Waals surface area (Å²) in [5.41, 5.74) is 8.11. The van der Waals surface area contributed by atoms with Gasteiger partial charge >= 0.3 is 0 Å². The third-order valence-electron chi connectivity index (χ3n) is 6.61. The number of rotatable bonds is 2. The Morgan fingerprint density at radius 1 is 0.576 bits per heavy atom. The maximum absolute atomic E-state index is 6.34. The van der Waals surface area contributed by atoms with Gasteiger partial charge in [-0.25, -0.2) is 0 Å². The molecule has 2 aromatic heterocycles. The Kier molecular flexibility index (Phi) is 3.68. The number of benzene rings is 5. The van der Waals surface area contributed by atoms with Gasteiger partial charge in [0.05, 0.1) is 0 Å². The highest BCUT2D eigenvalue weighted by Crippen LogP contribution is 2.40. The first-order valence-electron chi connectivity index (χ1n) is 11.2. The average Bonchev–Trinajstić information content (AvgIpc) is 3.36. The fourth-order valence-electron chi connectivity index (χ4n) is 5.00. The first-order chi connectivity index (χ1) is 16.1. The molecule has 3 heteroatoms. The molecule has 2 heterocycles. The van der Waals surface area contributed by atoms with Crippen molar-refractivity contribution in [2.45, 2.75) is 13.8 Å². The van der Waals surface area contributed by atoms with Crippen LogP contribution in [-0.2, 0) is 0 Å². The predicted octanol–water partition coefficient (Wildman–Crippen LogP) is 9.00. The van der Waals surface area contributed by atoms with E-state index >= 15 is 0 Å². The lowest BCUT2D eigenvalue weighted by Crippen LogP contribution is -1.93. The Labute approximate surface area is 190 Å². The van der Waals surface area contributed by atoms with Crippen LogP contribution < -0.4 is 5.32 Å². The van der Waals surface area contributed by atoms with Gasteiger partial charge in [0, 0.05) is 39.0 Å². The quantitative estimate of drug-likeness (QED) is 0.299. The van der Waals surface area contributed by atoms with Gasteiger partial charge in [0.25, 0.3) is 0 Å². The van der Waals surface area contributed by atoms with Gasteiger partial charge < -0.3 is 14.2 Å². The van der Waals surface area contributed by atoms with E-state index in [1.54, 1.807) is 0 Å². The normalized spacial score (nSPS) is 11.9. The minimum Gasteiger partial charge on any atom is -0.456 e. The van der Waals surface area contributed by atoms with Gasteiger partial charge in [0.1, 0.15) is 22.3 Å². The van der Waals surface area contributed by atoms with Crippen LogP contribution in [0.1, 0.15) is 11.1 Å². The molecule has 3 nitrogen and oxygen atoms in total. The van der Waals surface area contributed by atoms with Gasteiger partial charge in [0.15, 0.2) is 0 Å². The fraction of sp³-hybridized carbons (Fsp3) is 0.0667. The second-order valence-corrected chi connectivity index (χ2v) is 8.86. The minimum absolute atomic E-state index is 0.863. The second-order valence-electron chi connectivity index (χ2n) is 8.86. The summed E-state index contributed by atoms with van der Waals surface area (Å²) in [6.07, 6.45) is 0. The van der Waals surface area contributed by atoms with Crippen molar-refractivity contribution in [1.82, 2.24) is 0 Å². The zero-order valence-corrected chi connectivity index (χ0v) is 18.4. The van der Waals surface area contributed by atoms with Crippen LogP contribution in [0.15, 0.2) is 93.8 Å². The van der Waals surface area contributed by atoms with Crippen molar-refractivity contribution in [3.8, 4) is 0 Å². The van der Waals surface area contributed by atoms with Crippen LogP contribution in [0.25, 0.3) is 54.6 Å². The molecule has 0 radical (unpaired) electrons. The molecule has 5 aromatic carbocycles. The molecule has 0 spiro atoms. The van der Waals surface area contributed by atoms with E-state index in [1.807, 2.05) is 0 Å². The zero-order valence-electron chi connectivity index (χ0n) is 18.4. The number of fused-ring (bicyclic) bond motifs is 8. The summed E-state index contributed by atoms with van der Waals surface area (Å²) in [6, 6.07) is 29.6. The molecule has 0 saturated carbocycles. The third kappa shape index (κ3) is 2.76. The largest absolute Gasteiger partial charge is 0.456 e. The van der Waals surface area contributed by atoms with Crippen molar-refractivity contribution in [1.29, 1.82) is 0 Å². The number of anilines is 2. The van der Waals surface area contributed by atoms with Gasteiger partial charge in [-0.1, -0.05) is 48.0 Å². The molecule has 0 amide bonds. The van der Waals surface area contributed by atoms with E-state index < -0.39 is 0 Å². The maximum Gasteiger partial charge on any atom is 0.137 e. The zero-order chi connectivity index (χ0) is 22.1. The Morgan fingerprint density at radius 2 is 1.36 bits per heavy atom. The van der Waals surface area contributed by atoms with E-state index in [4.69, 9.17) is 8.83 Å². The number of furan rings is 2. The van der Waals surface area contributed by atoms with Crippen LogP contribution >= 0.6 is 0 Å². The molecule has 0 unspecified atom stereocenters. The fourth-order valence-corrected chi connectivity index (χ4v) is 5.00. The number of nitrogens with one attached hydrogen (secondary N) is 1. The number of aryl methyl sites for hydroxylation is 2. The number of hydrogen-bond acceptors (Lipinski definition) is 3. The van der Waals surface area contributed by atoms with Gasteiger partial charge in [-0.2, -0.15) is 0 Å². The summed E-state index contributed by atoms with van der Waals surface area (Å²) in [4.78, 5) is 0. The summed E-state index contributed by atoms with van der Waals surface area (Å²) < 4.78 is 12.6. The highest BCUT2D eigenvalue weighted by atomic mass is 16.3. The highest BCUT2D eigenvalue weighted by Gasteiger charge is 2.15. The standard InChI is InChI=1S/C30H21NO2/c1-17-7-11-25(18(2)13-17)31-20-9-10-22-23-15-29-24(16-28(23)33-27(22)14-20)30-21-6-4-3-5-19(21)8-12-26(30)32-29/h3-16,31H,1-2H3. The Balaban J connectivity index is 1.41. The molecule has 0 aliphatic rings. The van der Waals surface area contributed by atoms with Crippen molar-refractivity contribution < 1.29 is 8.83 Å². The summed E-state index contributed by atoms with van der Waals surface area (Å²) in [6.45, 7) is 4.23. The van der Waals surface area contributed by atoms with E-state index in [9.17, 15) is 0 Å². The first-order valence-corrected chi connectivity index (χ1v) is 11.2. The van der Waals surface area contributed by atoms with Crippen molar-refractivity contribution in [2.75, 3.05) is 5.32 Å². The van der Waals surface area contributed by atoms with E-state index in [0.29, 0.717) is 0 Å². The van der Waals surface area contributed by atoms with E-state index in [1.165, 1.54) is 21.9 Å². The second kappa shape index (κ2) is 6.63. The van der Waals surface area contributed by atoms with Crippen LogP contribution in [0.2, 0.25) is 0 Å². The topological polar surface area (TPSA) is 38.3 Å². The van der Waals surface area contributed by atoms with Crippen molar-refractivity contribution in [3.63, 3.8) is 0 Å². The van der Waals surface area contributed by atoms with Crippen LogP contribution in [0.3, 0.4) is 0 Å². The molecule has 0 atom stereocenters. The summed E-state index contributed by atoms with van der Waals surface area (Å²) in [5.74, 6) is 0. The molecular weight excluding hydrogens is 406 g/mol. The molecule has 0 fully saturated rings. The van der Waals surface area contributed by atoms with E-state index in [-0.39, 0.29) is 0 Å². The molecule has 1 N–H and O–H groups in total. The molecule has 158 valence electrons. The predicted molar refractivity (Wildman–Crippen MR) is 138 cm³/mol. The maximum atomic E-state index is 6.34. The van der Waals surface area contributed by atoms with E-state index in [2.05, 4.69) is 104 Å². The van der Waals surface area contributed by atoms with Crippen LogP contribution in [0, 0.1) is 13.8 Å². The van der Waals surface area contributed by atoms with E-state index in [0.717, 1.165) is 55.3 Å². The van der Waals surface area contributed by atoms with Crippen molar-refractivity contribution in [2.24, 2.45) is 0 Å². The lowest BCUT2D eigenvalue weighted by Gasteiger charge is -2.10. The third-order valence-corrected chi connectivity index (χ3v) is 6.61. The van der Waals surface area contributed by atoms with Crippen molar-refractivity contribution in [3.05, 3.63) is 96.1 Å². The number of hydrogen-bond donors (Lipinski definition) is 1. The Morgan fingerprint density at radius 3 is 2.27 bits per heavy atom. The summed E-state index contributed by atoms with van der Waals surface area (Å²) >= 11 is 0. The SMILES string of the molecule is Cc1ccc(Nc2ccc3c(c2)oc2cc4c(cc23)oc2ccc3ccccc3c24)c(C)c1.